The predicted octanol–water partition coefficient (Wildman–Crippen LogP) is 4.67. The first-order valence-corrected chi connectivity index (χ1v) is 7.00. The highest BCUT2D eigenvalue weighted by Crippen LogP contribution is 2.20. The Balaban J connectivity index is 0.000000521. The van der Waals surface area contributed by atoms with Crippen molar-refractivity contribution in [3.05, 3.63) is 34.7 Å². The Morgan fingerprint density at radius 3 is 2.35 bits per heavy atom. The van der Waals surface area contributed by atoms with Crippen molar-refractivity contribution in [2.75, 3.05) is 7.11 Å². The number of hydrogen-bond donors (Lipinski definition) is 0. The molecule has 0 fully saturated rings. The quantitative estimate of drug-likeness (QED) is 0.715. The Morgan fingerprint density at radius 1 is 1.35 bits per heavy atom. The van der Waals surface area contributed by atoms with Crippen molar-refractivity contribution in [3.8, 4) is 12.5 Å². The van der Waals surface area contributed by atoms with Gasteiger partial charge >= 0.3 is 0 Å². The van der Waals surface area contributed by atoms with E-state index in [1.807, 2.05) is 49.7 Å². The largest absolute Gasteiger partial charge is 0.450 e. The molecule has 0 aliphatic rings. The number of rotatable bonds is 1. The maximum atomic E-state index is 6.03. The van der Waals surface area contributed by atoms with Crippen LogP contribution >= 0.6 is 11.6 Å². The summed E-state index contributed by atoms with van der Waals surface area (Å²) in [5.74, 6) is 0.453. The monoisotopic (exact) mass is 294 g/mol. The standard InChI is InChI=1S/C11H13ClN2.C3H4O.C2H6/c1-7(2)10-6-14-5-9(12)8(3)4-11(14)13-10;1-3-4-2;1-2/h4-7H,1-3H3;1H,2H3;1-2H3. The predicted molar refractivity (Wildman–Crippen MR) is 86.2 cm³/mol. The van der Waals surface area contributed by atoms with E-state index >= 15 is 0 Å². The molecule has 0 saturated carbocycles. The summed E-state index contributed by atoms with van der Waals surface area (Å²) in [7, 11) is 1.44. The zero-order valence-corrected chi connectivity index (χ0v) is 13.8. The van der Waals surface area contributed by atoms with Gasteiger partial charge in [0.2, 0.25) is 0 Å². The molecule has 0 spiro atoms. The minimum Gasteiger partial charge on any atom is -0.450 e. The second-order valence-corrected chi connectivity index (χ2v) is 4.62. The SMILES string of the molecule is C#COC.CC.Cc1cc2nc(C(C)C)cn2cc1Cl. The Hall–Kier alpha value is -1.66. The minimum atomic E-state index is 0.453. The molecule has 0 N–H and O–H groups in total. The number of aryl methyl sites for hydroxylation is 1. The lowest BCUT2D eigenvalue weighted by atomic mass is 10.2. The van der Waals surface area contributed by atoms with Crippen LogP contribution < -0.4 is 0 Å². The molecule has 2 heterocycles. The van der Waals surface area contributed by atoms with Crippen molar-refractivity contribution in [2.45, 2.75) is 40.5 Å². The zero-order valence-electron chi connectivity index (χ0n) is 13.1. The average molecular weight is 295 g/mol. The molecule has 0 unspecified atom stereocenters. The molecule has 0 bridgehead atoms. The molecule has 20 heavy (non-hydrogen) atoms. The first-order valence-electron chi connectivity index (χ1n) is 6.63. The topological polar surface area (TPSA) is 26.5 Å². The Morgan fingerprint density at radius 2 is 1.90 bits per heavy atom. The van der Waals surface area contributed by atoms with Gasteiger partial charge in [0.25, 0.3) is 0 Å². The van der Waals surface area contributed by atoms with Gasteiger partial charge in [-0.05, 0) is 24.5 Å². The molecule has 0 aromatic carbocycles. The van der Waals surface area contributed by atoms with Crippen molar-refractivity contribution in [1.82, 2.24) is 9.38 Å². The van der Waals surface area contributed by atoms with Crippen molar-refractivity contribution in [3.63, 3.8) is 0 Å². The third-order valence-corrected chi connectivity index (χ3v) is 2.86. The summed E-state index contributed by atoms with van der Waals surface area (Å²) in [6.45, 7) is 10.3. The van der Waals surface area contributed by atoms with Crippen molar-refractivity contribution >= 4 is 17.2 Å². The summed E-state index contributed by atoms with van der Waals surface area (Å²) in [6.07, 6.45) is 10.4. The van der Waals surface area contributed by atoms with Gasteiger partial charge in [-0.15, -0.1) is 0 Å². The highest BCUT2D eigenvalue weighted by atomic mass is 35.5. The summed E-state index contributed by atoms with van der Waals surface area (Å²) < 4.78 is 6.05. The third kappa shape index (κ3) is 5.14. The fourth-order valence-electron chi connectivity index (χ4n) is 1.40. The van der Waals surface area contributed by atoms with Gasteiger partial charge in [0.15, 0.2) is 0 Å². The van der Waals surface area contributed by atoms with Gasteiger partial charge in [0, 0.05) is 12.4 Å². The lowest BCUT2D eigenvalue weighted by Gasteiger charge is -1.97. The van der Waals surface area contributed by atoms with E-state index in [2.05, 4.69) is 30.0 Å². The lowest BCUT2D eigenvalue weighted by Crippen LogP contribution is -1.84. The Labute approximate surface area is 126 Å². The van der Waals surface area contributed by atoms with Gasteiger partial charge in [-0.25, -0.2) is 4.98 Å². The van der Waals surface area contributed by atoms with E-state index in [1.165, 1.54) is 7.11 Å². The van der Waals surface area contributed by atoms with E-state index in [0.717, 1.165) is 21.9 Å². The molecule has 0 amide bonds. The fraction of sp³-hybridized carbons (Fsp3) is 0.438. The van der Waals surface area contributed by atoms with E-state index in [9.17, 15) is 0 Å². The molecule has 0 atom stereocenters. The van der Waals surface area contributed by atoms with Crippen LogP contribution in [-0.4, -0.2) is 16.5 Å². The van der Waals surface area contributed by atoms with Crippen LogP contribution in [0.3, 0.4) is 0 Å². The van der Waals surface area contributed by atoms with Crippen LogP contribution in [0, 0.1) is 19.5 Å². The number of halogens is 1. The van der Waals surface area contributed by atoms with Crippen LogP contribution in [-0.2, 0) is 4.74 Å². The molecule has 2 aromatic heterocycles. The highest BCUT2D eigenvalue weighted by Gasteiger charge is 2.06. The minimum absolute atomic E-state index is 0.453. The highest BCUT2D eigenvalue weighted by molar-refractivity contribution is 6.31. The van der Waals surface area contributed by atoms with E-state index in [1.54, 1.807) is 0 Å². The molecule has 0 aliphatic heterocycles. The fourth-order valence-corrected chi connectivity index (χ4v) is 1.56. The molecular weight excluding hydrogens is 272 g/mol. The average Bonchev–Trinajstić information content (AvgIpc) is 2.85. The summed E-state index contributed by atoms with van der Waals surface area (Å²) in [5.41, 5.74) is 3.14. The van der Waals surface area contributed by atoms with E-state index in [-0.39, 0.29) is 0 Å². The number of hydrogen-bond acceptors (Lipinski definition) is 2. The number of pyridine rings is 1. The number of ether oxygens (including phenoxy) is 1. The van der Waals surface area contributed by atoms with Crippen LogP contribution in [0.15, 0.2) is 18.5 Å². The third-order valence-electron chi connectivity index (χ3n) is 2.46. The summed E-state index contributed by atoms with van der Waals surface area (Å²) in [5, 5.41) is 0.783. The normalized spacial score (nSPS) is 9.15. The Bertz CT molecular complexity index is 529. The van der Waals surface area contributed by atoms with Crippen LogP contribution in [0.5, 0.6) is 0 Å². The van der Waals surface area contributed by atoms with Crippen LogP contribution in [0.4, 0.5) is 0 Å². The number of aromatic nitrogens is 2. The number of imidazole rings is 1. The van der Waals surface area contributed by atoms with Gasteiger partial charge in [-0.2, -0.15) is 0 Å². The smallest absolute Gasteiger partial charge is 0.137 e. The molecule has 0 saturated heterocycles. The molecule has 3 nitrogen and oxygen atoms in total. The van der Waals surface area contributed by atoms with Crippen molar-refractivity contribution in [1.29, 1.82) is 0 Å². The zero-order chi connectivity index (χ0) is 15.7. The molecule has 110 valence electrons. The molecule has 0 aliphatic carbocycles. The maximum Gasteiger partial charge on any atom is 0.137 e. The summed E-state index contributed by atoms with van der Waals surface area (Å²) in [4.78, 5) is 4.52. The number of fused-ring (bicyclic) bond motifs is 1. The van der Waals surface area contributed by atoms with Crippen LogP contribution in [0.2, 0.25) is 5.02 Å². The summed E-state index contributed by atoms with van der Waals surface area (Å²) >= 11 is 6.03. The van der Waals surface area contributed by atoms with Gasteiger partial charge in [0.05, 0.1) is 17.8 Å². The molecule has 2 rings (SSSR count). The Kier molecular flexibility index (Phi) is 8.51. The van der Waals surface area contributed by atoms with Gasteiger partial charge in [-0.3, -0.25) is 0 Å². The first kappa shape index (κ1) is 18.3. The molecule has 2 aromatic rings. The van der Waals surface area contributed by atoms with E-state index in [4.69, 9.17) is 11.6 Å². The van der Waals surface area contributed by atoms with E-state index in [0.29, 0.717) is 5.92 Å². The molecule has 4 heteroatoms. The number of methoxy groups -OCH3 is 1. The number of nitrogens with zero attached hydrogens (tertiary/aromatic N) is 2. The van der Waals surface area contributed by atoms with Gasteiger partial charge in [0.1, 0.15) is 11.8 Å². The summed E-state index contributed by atoms with van der Waals surface area (Å²) in [6, 6.07) is 2.01. The first-order chi connectivity index (χ1) is 9.49. The second-order valence-electron chi connectivity index (χ2n) is 4.21. The number of terminal acetylenes is 1. The van der Waals surface area contributed by atoms with Gasteiger partial charge < -0.3 is 9.14 Å². The van der Waals surface area contributed by atoms with E-state index < -0.39 is 0 Å². The second kappa shape index (κ2) is 9.28. The van der Waals surface area contributed by atoms with Crippen molar-refractivity contribution in [2.24, 2.45) is 0 Å². The van der Waals surface area contributed by atoms with Crippen LogP contribution in [0.25, 0.3) is 5.65 Å². The lowest BCUT2D eigenvalue weighted by molar-refractivity contribution is 0.373. The molecular formula is C16H23ClN2O. The van der Waals surface area contributed by atoms with Crippen LogP contribution in [0.1, 0.15) is 44.9 Å². The van der Waals surface area contributed by atoms with Crippen molar-refractivity contribution < 1.29 is 4.74 Å². The molecule has 0 radical (unpaired) electrons. The van der Waals surface area contributed by atoms with Gasteiger partial charge in [-0.1, -0.05) is 45.7 Å². The maximum absolute atomic E-state index is 6.03.